The summed E-state index contributed by atoms with van der Waals surface area (Å²) < 4.78 is 5.62. The zero-order valence-corrected chi connectivity index (χ0v) is 14.7. The van der Waals surface area contributed by atoms with Crippen LogP contribution in [0.1, 0.15) is 17.6 Å². The molecule has 2 aromatic rings. The Morgan fingerprint density at radius 3 is 2.62 bits per heavy atom. The number of nitrogens with zero attached hydrogens (tertiary/aromatic N) is 1. The van der Waals surface area contributed by atoms with E-state index < -0.39 is 0 Å². The van der Waals surface area contributed by atoms with E-state index in [9.17, 15) is 9.59 Å². The number of ether oxygens (including phenoxy) is 1. The van der Waals surface area contributed by atoms with Crippen LogP contribution in [0.5, 0.6) is 5.75 Å². The Kier molecular flexibility index (Phi) is 7.02. The molecule has 0 aliphatic rings. The summed E-state index contributed by atoms with van der Waals surface area (Å²) in [5, 5.41) is 8.63. The number of hydrogen-bond donors (Lipinski definition) is 2. The van der Waals surface area contributed by atoms with Crippen molar-refractivity contribution in [2.75, 3.05) is 13.1 Å². The third kappa shape index (κ3) is 6.55. The zero-order chi connectivity index (χ0) is 17.4. The Hall–Kier alpha value is -2.12. The number of rotatable bonds is 8. The van der Waals surface area contributed by atoms with E-state index in [0.717, 1.165) is 5.01 Å². The predicted molar refractivity (Wildman–Crippen MR) is 93.3 cm³/mol. The first kappa shape index (κ1) is 18.2. The van der Waals surface area contributed by atoms with E-state index in [1.165, 1.54) is 18.3 Å². The molecule has 0 unspecified atom stereocenters. The van der Waals surface area contributed by atoms with E-state index in [0.29, 0.717) is 36.2 Å². The molecule has 0 saturated heterocycles. The van der Waals surface area contributed by atoms with Gasteiger partial charge >= 0.3 is 0 Å². The van der Waals surface area contributed by atoms with Gasteiger partial charge in [-0.15, -0.1) is 11.3 Å². The first-order valence-electron chi connectivity index (χ1n) is 7.35. The van der Waals surface area contributed by atoms with Gasteiger partial charge in [-0.25, -0.2) is 4.98 Å². The lowest BCUT2D eigenvalue weighted by molar-refractivity contribution is -0.121. The highest BCUT2D eigenvalue weighted by molar-refractivity contribution is 7.09. The normalized spacial score (nSPS) is 10.2. The first-order valence-corrected chi connectivity index (χ1v) is 8.61. The van der Waals surface area contributed by atoms with Crippen molar-refractivity contribution < 1.29 is 14.3 Å². The van der Waals surface area contributed by atoms with E-state index in [1.807, 2.05) is 5.38 Å². The molecule has 0 aliphatic heterocycles. The Bertz CT molecular complexity index is 688. The minimum atomic E-state index is -0.129. The lowest BCUT2D eigenvalue weighted by Crippen LogP contribution is -2.34. The van der Waals surface area contributed by atoms with Gasteiger partial charge in [0.25, 0.3) is 0 Å². The molecule has 2 amide bonds. The molecule has 1 aromatic heterocycles. The van der Waals surface area contributed by atoms with Crippen LogP contribution in [-0.4, -0.2) is 29.9 Å². The van der Waals surface area contributed by atoms with E-state index in [4.69, 9.17) is 16.3 Å². The average molecular weight is 368 g/mol. The smallest absolute Gasteiger partial charge is 0.226 e. The van der Waals surface area contributed by atoms with Gasteiger partial charge in [0.1, 0.15) is 17.4 Å². The molecule has 24 heavy (non-hydrogen) atoms. The number of aromatic nitrogens is 1. The van der Waals surface area contributed by atoms with Gasteiger partial charge in [-0.05, 0) is 24.3 Å². The van der Waals surface area contributed by atoms with Gasteiger partial charge in [-0.3, -0.25) is 9.59 Å². The van der Waals surface area contributed by atoms with Crippen molar-refractivity contribution in [3.8, 4) is 5.75 Å². The molecule has 8 heteroatoms. The molecule has 2 rings (SSSR count). The van der Waals surface area contributed by atoms with Gasteiger partial charge < -0.3 is 15.4 Å². The van der Waals surface area contributed by atoms with Gasteiger partial charge in [-0.2, -0.15) is 0 Å². The number of amides is 2. The molecule has 0 spiro atoms. The molecule has 0 atom stereocenters. The van der Waals surface area contributed by atoms with Crippen molar-refractivity contribution in [1.82, 2.24) is 15.6 Å². The van der Waals surface area contributed by atoms with Gasteiger partial charge in [0.05, 0.1) is 12.1 Å². The molecule has 2 N–H and O–H groups in total. The molecule has 6 nitrogen and oxygen atoms in total. The molecule has 0 radical (unpaired) electrons. The molecular formula is C16H18ClN3O3S. The second-order valence-electron chi connectivity index (χ2n) is 4.98. The van der Waals surface area contributed by atoms with Crippen molar-refractivity contribution in [2.24, 2.45) is 0 Å². The highest BCUT2D eigenvalue weighted by Gasteiger charge is 2.08. The highest BCUT2D eigenvalue weighted by Crippen LogP contribution is 2.18. The van der Waals surface area contributed by atoms with Gasteiger partial charge in [0.15, 0.2) is 0 Å². The van der Waals surface area contributed by atoms with Crippen LogP contribution in [0.15, 0.2) is 29.6 Å². The predicted octanol–water partition coefficient (Wildman–Crippen LogP) is 2.17. The van der Waals surface area contributed by atoms with Crippen LogP contribution >= 0.6 is 22.9 Å². The Morgan fingerprint density at radius 2 is 1.92 bits per heavy atom. The number of hydrogen-bond acceptors (Lipinski definition) is 5. The van der Waals surface area contributed by atoms with Crippen molar-refractivity contribution >= 4 is 34.8 Å². The molecule has 1 heterocycles. The monoisotopic (exact) mass is 367 g/mol. The van der Waals surface area contributed by atoms with E-state index >= 15 is 0 Å². The van der Waals surface area contributed by atoms with Crippen LogP contribution in [0.4, 0.5) is 0 Å². The minimum Gasteiger partial charge on any atom is -0.486 e. The number of thiazole rings is 1. The molecule has 0 saturated carbocycles. The molecule has 128 valence electrons. The lowest BCUT2D eigenvalue weighted by atomic mass is 10.3. The van der Waals surface area contributed by atoms with Gasteiger partial charge in [-0.1, -0.05) is 11.6 Å². The van der Waals surface area contributed by atoms with Crippen LogP contribution in [-0.2, 0) is 22.6 Å². The summed E-state index contributed by atoms with van der Waals surface area (Å²) in [5.74, 6) is 0.469. The second-order valence-corrected chi connectivity index (χ2v) is 6.36. The largest absolute Gasteiger partial charge is 0.486 e. The third-order valence-corrected chi connectivity index (χ3v) is 4.06. The maximum Gasteiger partial charge on any atom is 0.226 e. The lowest BCUT2D eigenvalue weighted by Gasteiger charge is -2.04. The van der Waals surface area contributed by atoms with Crippen LogP contribution in [0, 0.1) is 0 Å². The molecule has 1 aromatic carbocycles. The SMILES string of the molecule is CC(=O)NCCNC(=O)Cc1csc(COc2ccc(Cl)cc2)n1. The summed E-state index contributed by atoms with van der Waals surface area (Å²) in [6.07, 6.45) is 0.206. The van der Waals surface area contributed by atoms with Gasteiger partial charge in [0.2, 0.25) is 11.8 Å². The maximum atomic E-state index is 11.8. The number of carbonyl (C=O) groups excluding carboxylic acids is 2. The Balaban J connectivity index is 1.73. The molecule has 0 bridgehead atoms. The Labute approximate surface area is 149 Å². The van der Waals surface area contributed by atoms with Crippen molar-refractivity contribution in [3.63, 3.8) is 0 Å². The van der Waals surface area contributed by atoms with Crippen molar-refractivity contribution in [1.29, 1.82) is 0 Å². The summed E-state index contributed by atoms with van der Waals surface area (Å²) in [6, 6.07) is 7.10. The number of nitrogens with one attached hydrogen (secondary N) is 2. The van der Waals surface area contributed by atoms with E-state index in [-0.39, 0.29) is 18.2 Å². The Morgan fingerprint density at radius 1 is 1.21 bits per heavy atom. The minimum absolute atomic E-state index is 0.117. The zero-order valence-electron chi connectivity index (χ0n) is 13.2. The van der Waals surface area contributed by atoms with Gasteiger partial charge in [0, 0.05) is 30.4 Å². The van der Waals surface area contributed by atoms with Crippen LogP contribution in [0.3, 0.4) is 0 Å². The summed E-state index contributed by atoms with van der Waals surface area (Å²) in [6.45, 7) is 2.59. The first-order chi connectivity index (χ1) is 11.5. The fraction of sp³-hybridized carbons (Fsp3) is 0.312. The van der Waals surface area contributed by atoms with Crippen LogP contribution in [0.25, 0.3) is 0 Å². The van der Waals surface area contributed by atoms with Crippen molar-refractivity contribution in [3.05, 3.63) is 45.4 Å². The van der Waals surface area contributed by atoms with Crippen molar-refractivity contribution in [2.45, 2.75) is 20.0 Å². The quantitative estimate of drug-likeness (QED) is 0.701. The number of benzene rings is 1. The average Bonchev–Trinajstić information content (AvgIpc) is 2.98. The highest BCUT2D eigenvalue weighted by atomic mass is 35.5. The number of halogens is 1. The fourth-order valence-electron chi connectivity index (χ4n) is 1.84. The van der Waals surface area contributed by atoms with E-state index in [1.54, 1.807) is 24.3 Å². The summed E-state index contributed by atoms with van der Waals surface area (Å²) in [5.41, 5.74) is 0.701. The molecule has 0 aliphatic carbocycles. The summed E-state index contributed by atoms with van der Waals surface area (Å²) in [4.78, 5) is 26.9. The molecule has 0 fully saturated rings. The molecular weight excluding hydrogens is 350 g/mol. The summed E-state index contributed by atoms with van der Waals surface area (Å²) >= 11 is 7.26. The third-order valence-electron chi connectivity index (χ3n) is 2.94. The summed E-state index contributed by atoms with van der Waals surface area (Å²) in [7, 11) is 0. The topological polar surface area (TPSA) is 80.3 Å². The van der Waals surface area contributed by atoms with Crippen LogP contribution in [0.2, 0.25) is 5.02 Å². The fourth-order valence-corrected chi connectivity index (χ4v) is 2.67. The van der Waals surface area contributed by atoms with E-state index in [2.05, 4.69) is 15.6 Å². The second kappa shape index (κ2) is 9.24. The maximum absolute atomic E-state index is 11.8. The number of carbonyl (C=O) groups is 2. The standard InChI is InChI=1S/C16H18ClN3O3S/c1-11(21)18-6-7-19-15(22)8-13-10-24-16(20-13)9-23-14-4-2-12(17)3-5-14/h2-5,10H,6-9H2,1H3,(H,18,21)(H,19,22). The van der Waals surface area contributed by atoms with Crippen LogP contribution < -0.4 is 15.4 Å².